The average Bonchev–Trinajstić information content (AvgIpc) is 2.49. The van der Waals surface area contributed by atoms with Gasteiger partial charge in [0.05, 0.1) is 4.88 Å². The average molecular weight is 250 g/mol. The van der Waals surface area contributed by atoms with Crippen LogP contribution in [0.3, 0.4) is 0 Å². The molecule has 0 aliphatic rings. The third-order valence-electron chi connectivity index (χ3n) is 1.57. The monoisotopic (exact) mass is 250 g/mol. The number of hydrogen-bond acceptors (Lipinski definition) is 3. The quantitative estimate of drug-likeness (QED) is 0.775. The maximum absolute atomic E-state index is 12.2. The van der Waals surface area contributed by atoms with Gasteiger partial charge < -0.3 is 5.11 Å². The number of rotatable bonds is 1. The van der Waals surface area contributed by atoms with E-state index in [1.807, 2.05) is 5.51 Å². The van der Waals surface area contributed by atoms with Crippen LogP contribution in [-0.4, -0.2) is 22.4 Å². The summed E-state index contributed by atoms with van der Waals surface area (Å²) < 4.78 is 73.0. The lowest BCUT2D eigenvalue weighted by molar-refractivity contribution is -0.375. The zero-order valence-electron chi connectivity index (χ0n) is 6.65. The van der Waals surface area contributed by atoms with Crippen molar-refractivity contribution < 1.29 is 31.4 Å². The summed E-state index contributed by atoms with van der Waals surface area (Å²) in [5.41, 5.74) is -3.07. The van der Waals surface area contributed by atoms with Crippen molar-refractivity contribution in [1.29, 1.82) is 0 Å². The van der Waals surface area contributed by atoms with Gasteiger partial charge in [0, 0.05) is 6.20 Å². The molecule has 15 heavy (non-hydrogen) atoms. The minimum absolute atomic E-state index is 0.0425. The van der Waals surface area contributed by atoms with Crippen molar-refractivity contribution in [3.63, 3.8) is 0 Å². The summed E-state index contributed by atoms with van der Waals surface area (Å²) in [7, 11) is 0. The minimum Gasteiger partial charge on any atom is -0.369 e. The predicted octanol–water partition coefficient (Wildman–Crippen LogP) is 2.26. The molecule has 0 atom stereocenters. The number of thiazole rings is 1. The van der Waals surface area contributed by atoms with Crippen LogP contribution >= 0.6 is 11.3 Å². The standard InChI is InChI=1S/C6H2F6NOS/c7-5(8,9)4(14,6(10,11)12)3-1-13-2-15-3/h1,14H. The maximum atomic E-state index is 12.2. The number of aromatic nitrogens is 1. The second kappa shape index (κ2) is 3.34. The molecule has 2 nitrogen and oxygen atoms in total. The van der Waals surface area contributed by atoms with Crippen LogP contribution in [0.15, 0.2) is 6.20 Å². The first-order chi connectivity index (χ1) is 6.61. The van der Waals surface area contributed by atoms with Crippen LogP contribution in [0.1, 0.15) is 4.88 Å². The summed E-state index contributed by atoms with van der Waals surface area (Å²) in [5, 5.41) is 8.74. The molecular weight excluding hydrogens is 248 g/mol. The highest BCUT2D eigenvalue weighted by molar-refractivity contribution is 7.09. The Kier molecular flexibility index (Phi) is 2.72. The van der Waals surface area contributed by atoms with Crippen LogP contribution in [0.4, 0.5) is 26.3 Å². The van der Waals surface area contributed by atoms with E-state index in [2.05, 4.69) is 4.98 Å². The molecule has 1 rings (SSSR count). The molecule has 0 aliphatic carbocycles. The predicted molar refractivity (Wildman–Crippen MR) is 37.0 cm³/mol. The Bertz CT molecular complexity index is 314. The molecule has 0 unspecified atom stereocenters. The Labute approximate surface area is 83.2 Å². The van der Waals surface area contributed by atoms with Crippen molar-refractivity contribution in [2.24, 2.45) is 0 Å². The second-order valence-electron chi connectivity index (χ2n) is 2.52. The zero-order valence-corrected chi connectivity index (χ0v) is 7.46. The highest BCUT2D eigenvalue weighted by atomic mass is 32.1. The van der Waals surface area contributed by atoms with Crippen LogP contribution < -0.4 is 0 Å². The fourth-order valence-corrected chi connectivity index (χ4v) is 1.48. The van der Waals surface area contributed by atoms with E-state index in [9.17, 15) is 26.3 Å². The number of alkyl halides is 6. The second-order valence-corrected chi connectivity index (χ2v) is 3.35. The van der Waals surface area contributed by atoms with E-state index in [4.69, 9.17) is 5.11 Å². The fourth-order valence-electron chi connectivity index (χ4n) is 0.794. The van der Waals surface area contributed by atoms with Crippen LogP contribution in [0.25, 0.3) is 0 Å². The summed E-state index contributed by atoms with van der Waals surface area (Å²) in [6, 6.07) is 0. The molecule has 0 bridgehead atoms. The van der Waals surface area contributed by atoms with Crippen molar-refractivity contribution >= 4 is 11.3 Å². The smallest absolute Gasteiger partial charge is 0.369 e. The zero-order chi connectivity index (χ0) is 11.9. The molecule has 1 aromatic heterocycles. The molecule has 0 fully saturated rings. The van der Waals surface area contributed by atoms with Crippen LogP contribution in [0, 0.1) is 5.51 Å². The van der Waals surface area contributed by atoms with Gasteiger partial charge in [0.25, 0.3) is 5.60 Å². The molecule has 0 saturated heterocycles. The van der Waals surface area contributed by atoms with Gasteiger partial charge in [-0.05, 0) is 0 Å². The van der Waals surface area contributed by atoms with Crippen molar-refractivity contribution in [3.8, 4) is 0 Å². The van der Waals surface area contributed by atoms with E-state index in [0.29, 0.717) is 0 Å². The summed E-state index contributed by atoms with van der Waals surface area (Å²) in [6.07, 6.45) is -11.4. The van der Waals surface area contributed by atoms with E-state index in [1.54, 1.807) is 0 Å². The van der Waals surface area contributed by atoms with Crippen LogP contribution in [0.2, 0.25) is 0 Å². The molecule has 1 N–H and O–H groups in total. The van der Waals surface area contributed by atoms with Gasteiger partial charge in [0.1, 0.15) is 0 Å². The first-order valence-electron chi connectivity index (χ1n) is 3.29. The lowest BCUT2D eigenvalue weighted by Gasteiger charge is -2.30. The topological polar surface area (TPSA) is 33.1 Å². The Morgan fingerprint density at radius 2 is 1.60 bits per heavy atom. The number of halogens is 6. The number of hydrogen-bond donors (Lipinski definition) is 1. The molecule has 1 heterocycles. The van der Waals surface area contributed by atoms with Crippen molar-refractivity contribution in [1.82, 2.24) is 4.98 Å². The van der Waals surface area contributed by atoms with Gasteiger partial charge in [-0.3, -0.25) is 0 Å². The van der Waals surface area contributed by atoms with Gasteiger partial charge in [-0.2, -0.15) is 26.3 Å². The molecule has 1 aromatic rings. The Balaban J connectivity index is 3.33. The highest BCUT2D eigenvalue weighted by Gasteiger charge is 2.72. The first-order valence-corrected chi connectivity index (χ1v) is 4.10. The van der Waals surface area contributed by atoms with Gasteiger partial charge in [-0.1, -0.05) is 0 Å². The molecule has 0 spiro atoms. The summed E-state index contributed by atoms with van der Waals surface area (Å²) in [6.45, 7) is 0. The SMILES string of the molecule is OC(c1cn[c]s1)(C(F)(F)F)C(F)(F)F. The van der Waals surface area contributed by atoms with Crippen molar-refractivity contribution in [3.05, 3.63) is 16.6 Å². The Morgan fingerprint density at radius 1 is 1.13 bits per heavy atom. The van der Waals surface area contributed by atoms with E-state index in [0.717, 1.165) is 0 Å². The normalized spacial score (nSPS) is 14.3. The van der Waals surface area contributed by atoms with E-state index in [1.165, 1.54) is 0 Å². The van der Waals surface area contributed by atoms with Gasteiger partial charge in [0.15, 0.2) is 5.51 Å². The van der Waals surface area contributed by atoms with Crippen molar-refractivity contribution in [2.75, 3.05) is 0 Å². The first kappa shape index (κ1) is 12.2. The summed E-state index contributed by atoms with van der Waals surface area (Å²) in [5.74, 6) is 0. The molecule has 85 valence electrons. The van der Waals surface area contributed by atoms with Gasteiger partial charge in [0.2, 0.25) is 0 Å². The third kappa shape index (κ3) is 1.81. The number of nitrogens with zero attached hydrogens (tertiary/aromatic N) is 1. The Hall–Kier alpha value is -0.830. The van der Waals surface area contributed by atoms with E-state index < -0.39 is 22.8 Å². The minimum atomic E-state index is -5.86. The fraction of sp³-hybridized carbons (Fsp3) is 0.500. The summed E-state index contributed by atoms with van der Waals surface area (Å²) in [4.78, 5) is 1.59. The van der Waals surface area contributed by atoms with E-state index in [-0.39, 0.29) is 17.5 Å². The van der Waals surface area contributed by atoms with Gasteiger partial charge in [-0.25, -0.2) is 4.98 Å². The molecule has 0 aromatic carbocycles. The van der Waals surface area contributed by atoms with Crippen LogP contribution in [-0.2, 0) is 5.60 Å². The van der Waals surface area contributed by atoms with Gasteiger partial charge >= 0.3 is 12.4 Å². The lowest BCUT2D eigenvalue weighted by Crippen LogP contribution is -2.53. The molecule has 9 heteroatoms. The van der Waals surface area contributed by atoms with Gasteiger partial charge in [-0.15, -0.1) is 11.3 Å². The molecule has 0 aliphatic heterocycles. The molecule has 0 amide bonds. The van der Waals surface area contributed by atoms with Crippen molar-refractivity contribution in [2.45, 2.75) is 18.0 Å². The highest BCUT2D eigenvalue weighted by Crippen LogP contribution is 2.50. The van der Waals surface area contributed by atoms with E-state index >= 15 is 0 Å². The Morgan fingerprint density at radius 3 is 1.87 bits per heavy atom. The summed E-state index contributed by atoms with van der Waals surface area (Å²) >= 11 is -0.0425. The molecule has 0 saturated carbocycles. The molecule has 1 radical (unpaired) electrons. The number of aliphatic hydroxyl groups is 1. The van der Waals surface area contributed by atoms with Crippen LogP contribution in [0.5, 0.6) is 0 Å². The molecular formula is C6H2F6NOS. The lowest BCUT2D eigenvalue weighted by atomic mass is 10.0. The largest absolute Gasteiger partial charge is 0.431 e. The maximum Gasteiger partial charge on any atom is 0.431 e. The third-order valence-corrected chi connectivity index (χ3v) is 2.38.